The van der Waals surface area contributed by atoms with Gasteiger partial charge in [0, 0.05) is 43.9 Å². The highest BCUT2D eigenvalue weighted by Gasteiger charge is 2.42. The molecule has 4 amide bonds. The van der Waals surface area contributed by atoms with Crippen LogP contribution in [0, 0.1) is 11.8 Å². The summed E-state index contributed by atoms with van der Waals surface area (Å²) >= 11 is 7.11. The standard InChI is InChI=1S/C30H36Br2N2O4/c1-5-9-11-17(7-3)15-33-27(35)19-13-22(32)26-24-20(14-21(31)25(23(19)24)29(33)37)28(36)34(30(26)38)16-18(8-4)12-10-6-2/h13-14,17-18H,5-12,15-16H2,1-4H3/t17-,18-/m1/s1. The van der Waals surface area contributed by atoms with Crippen molar-refractivity contribution in [3.05, 3.63) is 43.3 Å². The Morgan fingerprint density at radius 1 is 0.632 bits per heavy atom. The Morgan fingerprint density at radius 3 is 1.32 bits per heavy atom. The molecular formula is C30H36Br2N2O4. The first-order valence-corrected chi connectivity index (χ1v) is 15.5. The largest absolute Gasteiger partial charge is 0.274 e. The van der Waals surface area contributed by atoms with Crippen molar-refractivity contribution in [2.75, 3.05) is 13.1 Å². The molecule has 0 spiro atoms. The predicted octanol–water partition coefficient (Wildman–Crippen LogP) is 7.99. The number of unbranched alkanes of at least 4 members (excludes halogenated alkanes) is 2. The zero-order chi connectivity index (χ0) is 27.7. The Balaban J connectivity index is 1.82. The van der Waals surface area contributed by atoms with Crippen molar-refractivity contribution < 1.29 is 19.2 Å². The van der Waals surface area contributed by atoms with Crippen LogP contribution in [-0.4, -0.2) is 46.5 Å². The van der Waals surface area contributed by atoms with Crippen molar-refractivity contribution in [1.82, 2.24) is 9.80 Å². The van der Waals surface area contributed by atoms with Crippen molar-refractivity contribution in [3.8, 4) is 0 Å². The Kier molecular flexibility index (Phi) is 9.13. The highest BCUT2D eigenvalue weighted by Crippen LogP contribution is 2.44. The molecule has 6 nitrogen and oxygen atoms in total. The summed E-state index contributed by atoms with van der Waals surface area (Å²) < 4.78 is 0.943. The summed E-state index contributed by atoms with van der Waals surface area (Å²) in [5.41, 5.74) is 1.39. The van der Waals surface area contributed by atoms with Gasteiger partial charge in [0.2, 0.25) is 0 Å². The van der Waals surface area contributed by atoms with Crippen molar-refractivity contribution in [3.63, 3.8) is 0 Å². The molecule has 0 aromatic heterocycles. The maximum absolute atomic E-state index is 13.8. The number of hydrogen-bond acceptors (Lipinski definition) is 4. The summed E-state index contributed by atoms with van der Waals surface area (Å²) in [4.78, 5) is 57.7. The third kappa shape index (κ3) is 4.99. The maximum Gasteiger partial charge on any atom is 0.262 e. The smallest absolute Gasteiger partial charge is 0.262 e. The van der Waals surface area contributed by atoms with Crippen molar-refractivity contribution in [2.24, 2.45) is 11.8 Å². The van der Waals surface area contributed by atoms with Gasteiger partial charge in [0.25, 0.3) is 23.6 Å². The minimum absolute atomic E-state index is 0.218. The van der Waals surface area contributed by atoms with E-state index in [0.717, 1.165) is 51.4 Å². The number of hydrogen-bond donors (Lipinski definition) is 0. The number of rotatable bonds is 12. The molecule has 0 aliphatic carbocycles. The summed E-state index contributed by atoms with van der Waals surface area (Å²) in [7, 11) is 0. The number of amides is 4. The summed E-state index contributed by atoms with van der Waals surface area (Å²) in [5.74, 6) is -1.07. The van der Waals surface area contributed by atoms with Crippen molar-refractivity contribution in [1.29, 1.82) is 0 Å². The van der Waals surface area contributed by atoms with Crippen LogP contribution < -0.4 is 0 Å². The normalized spacial score (nSPS) is 16.6. The van der Waals surface area contributed by atoms with E-state index in [-0.39, 0.29) is 35.5 Å². The molecule has 0 fully saturated rings. The Bertz CT molecular complexity index is 1210. The highest BCUT2D eigenvalue weighted by molar-refractivity contribution is 9.10. The molecule has 0 unspecified atom stereocenters. The van der Waals surface area contributed by atoms with Gasteiger partial charge in [0.15, 0.2) is 0 Å². The molecule has 2 aromatic rings. The lowest BCUT2D eigenvalue weighted by molar-refractivity contribution is 0.0558. The lowest BCUT2D eigenvalue weighted by Gasteiger charge is -2.35. The lowest BCUT2D eigenvalue weighted by Crippen LogP contribution is -2.46. The first kappa shape index (κ1) is 28.9. The third-order valence-corrected chi connectivity index (χ3v) is 9.40. The number of carbonyl (C=O) groups excluding carboxylic acids is 4. The molecule has 0 saturated heterocycles. The van der Waals surface area contributed by atoms with E-state index in [4.69, 9.17) is 0 Å². The van der Waals surface area contributed by atoms with Crippen LogP contribution in [-0.2, 0) is 0 Å². The summed E-state index contributed by atoms with van der Waals surface area (Å²) in [6.45, 7) is 9.13. The van der Waals surface area contributed by atoms with Crippen LogP contribution in [0.5, 0.6) is 0 Å². The fraction of sp³-hybridized carbons (Fsp3) is 0.533. The van der Waals surface area contributed by atoms with Gasteiger partial charge in [-0.15, -0.1) is 0 Å². The molecule has 204 valence electrons. The van der Waals surface area contributed by atoms with Crippen LogP contribution in [0.15, 0.2) is 21.1 Å². The second-order valence-corrected chi connectivity index (χ2v) is 12.3. The SMILES string of the molecule is CCCC[C@@H](CC)CN1C(=O)c2cc(Br)c3c4c(cc(Br)c(c24)C1=O)C(=O)N(C[C@H](CC)CCCC)C3=O. The van der Waals surface area contributed by atoms with E-state index in [9.17, 15) is 19.2 Å². The minimum Gasteiger partial charge on any atom is -0.274 e. The van der Waals surface area contributed by atoms with E-state index in [2.05, 4.69) is 59.6 Å². The van der Waals surface area contributed by atoms with E-state index in [0.29, 0.717) is 55.1 Å². The molecule has 38 heavy (non-hydrogen) atoms. The maximum atomic E-state index is 13.8. The second-order valence-electron chi connectivity index (χ2n) is 10.6. The fourth-order valence-corrected chi connectivity index (χ4v) is 6.95. The zero-order valence-corrected chi connectivity index (χ0v) is 25.8. The van der Waals surface area contributed by atoms with Crippen LogP contribution in [0.2, 0.25) is 0 Å². The van der Waals surface area contributed by atoms with Gasteiger partial charge in [0.05, 0.1) is 11.1 Å². The molecular weight excluding hydrogens is 612 g/mol. The number of imide groups is 2. The minimum atomic E-state index is -0.378. The van der Waals surface area contributed by atoms with Gasteiger partial charge in [-0.25, -0.2) is 0 Å². The molecule has 0 saturated carbocycles. The Hall–Kier alpha value is -2.06. The van der Waals surface area contributed by atoms with Gasteiger partial charge in [-0.2, -0.15) is 0 Å². The summed E-state index contributed by atoms with van der Waals surface area (Å²) in [6.07, 6.45) is 7.84. The van der Waals surface area contributed by atoms with E-state index in [1.165, 1.54) is 9.80 Å². The van der Waals surface area contributed by atoms with E-state index in [1.54, 1.807) is 12.1 Å². The zero-order valence-electron chi connectivity index (χ0n) is 22.7. The van der Waals surface area contributed by atoms with Gasteiger partial charge in [-0.1, -0.05) is 66.2 Å². The monoisotopic (exact) mass is 646 g/mol. The number of benzene rings is 2. The first-order valence-electron chi connectivity index (χ1n) is 13.9. The van der Waals surface area contributed by atoms with E-state index >= 15 is 0 Å². The van der Waals surface area contributed by atoms with Gasteiger partial charge >= 0.3 is 0 Å². The average molecular weight is 648 g/mol. The summed E-state index contributed by atoms with van der Waals surface area (Å²) in [5, 5.41) is 0.805. The predicted molar refractivity (Wildman–Crippen MR) is 157 cm³/mol. The van der Waals surface area contributed by atoms with Gasteiger partial charge < -0.3 is 0 Å². The molecule has 0 bridgehead atoms. The molecule has 2 aliphatic heterocycles. The van der Waals surface area contributed by atoms with E-state index in [1.807, 2.05) is 0 Å². The first-order chi connectivity index (χ1) is 18.2. The molecule has 2 atom stereocenters. The topological polar surface area (TPSA) is 74.8 Å². The van der Waals surface area contributed by atoms with E-state index < -0.39 is 0 Å². The van der Waals surface area contributed by atoms with Gasteiger partial charge in [-0.3, -0.25) is 29.0 Å². The molecule has 4 rings (SSSR count). The Morgan fingerprint density at radius 2 is 1.00 bits per heavy atom. The second kappa shape index (κ2) is 12.0. The van der Waals surface area contributed by atoms with Crippen LogP contribution in [0.4, 0.5) is 0 Å². The third-order valence-electron chi connectivity index (χ3n) is 8.15. The number of carbonyl (C=O) groups is 4. The number of halogens is 2. The highest BCUT2D eigenvalue weighted by atomic mass is 79.9. The molecule has 2 aromatic carbocycles. The van der Waals surface area contributed by atoms with Crippen LogP contribution >= 0.6 is 31.9 Å². The number of nitrogens with zero attached hydrogens (tertiary/aromatic N) is 2. The van der Waals surface area contributed by atoms with Gasteiger partial charge in [-0.05, 0) is 68.7 Å². The fourth-order valence-electron chi connectivity index (χ4n) is 5.75. The van der Waals surface area contributed by atoms with Gasteiger partial charge in [0.1, 0.15) is 0 Å². The van der Waals surface area contributed by atoms with Crippen LogP contribution in [0.25, 0.3) is 10.8 Å². The van der Waals surface area contributed by atoms with Crippen molar-refractivity contribution in [2.45, 2.75) is 79.1 Å². The molecule has 8 heteroatoms. The van der Waals surface area contributed by atoms with Crippen molar-refractivity contribution >= 4 is 66.3 Å². The lowest BCUT2D eigenvalue weighted by atomic mass is 9.85. The quantitative estimate of drug-likeness (QED) is 0.219. The van der Waals surface area contributed by atoms with Crippen LogP contribution in [0.3, 0.4) is 0 Å². The van der Waals surface area contributed by atoms with Crippen LogP contribution in [0.1, 0.15) is 120 Å². The molecule has 0 radical (unpaired) electrons. The summed E-state index contributed by atoms with van der Waals surface area (Å²) in [6, 6.07) is 3.32. The molecule has 2 aliphatic rings. The molecule has 0 N–H and O–H groups in total. The Labute approximate surface area is 241 Å². The average Bonchev–Trinajstić information content (AvgIpc) is 2.90. The molecule has 2 heterocycles.